The lowest BCUT2D eigenvalue weighted by Crippen LogP contribution is -2.44. The molecule has 0 aromatic heterocycles. The molecule has 0 spiro atoms. The molecule has 36 heavy (non-hydrogen) atoms. The van der Waals surface area contributed by atoms with Gasteiger partial charge in [-0.2, -0.15) is 0 Å². The van der Waals surface area contributed by atoms with Gasteiger partial charge in [-0.05, 0) is 53.8 Å². The molecule has 0 saturated heterocycles. The molecule has 186 valence electrons. The Labute approximate surface area is 213 Å². The minimum atomic E-state index is -0.715. The van der Waals surface area contributed by atoms with Gasteiger partial charge in [-0.1, -0.05) is 12.1 Å². The number of methoxy groups -OCH3 is 2. The zero-order chi connectivity index (χ0) is 25.4. The quantitative estimate of drug-likeness (QED) is 0.485. The molecule has 8 nitrogen and oxygen atoms in total. The summed E-state index contributed by atoms with van der Waals surface area (Å²) in [5, 5.41) is 3.02. The molecule has 0 bridgehead atoms. The van der Waals surface area contributed by atoms with Crippen molar-refractivity contribution >= 4 is 29.3 Å². The number of carbonyl (C=O) groups is 2. The van der Waals surface area contributed by atoms with Crippen LogP contribution >= 0.6 is 11.8 Å². The van der Waals surface area contributed by atoms with Gasteiger partial charge in [0.05, 0.1) is 26.2 Å². The second-order valence-electron chi connectivity index (χ2n) is 8.46. The average molecular weight is 507 g/mol. The first-order valence-electron chi connectivity index (χ1n) is 11.3. The number of anilines is 1. The van der Waals surface area contributed by atoms with E-state index in [0.717, 1.165) is 10.5 Å². The number of thioether (sulfide) groups is 1. The largest absolute Gasteiger partial charge is 0.493 e. The van der Waals surface area contributed by atoms with Crippen LogP contribution in [-0.4, -0.2) is 51.0 Å². The van der Waals surface area contributed by atoms with Crippen LogP contribution in [0.1, 0.15) is 33.4 Å². The van der Waals surface area contributed by atoms with Crippen LogP contribution in [0.2, 0.25) is 0 Å². The topological polar surface area (TPSA) is 86.3 Å². The number of fused-ring (bicyclic) bond motifs is 2. The maximum Gasteiger partial charge on any atom is 0.254 e. The van der Waals surface area contributed by atoms with Gasteiger partial charge in [0.2, 0.25) is 12.7 Å². The minimum absolute atomic E-state index is 0.144. The molecule has 0 saturated carbocycles. The van der Waals surface area contributed by atoms with Crippen molar-refractivity contribution in [1.29, 1.82) is 0 Å². The zero-order valence-electron chi connectivity index (χ0n) is 20.4. The van der Waals surface area contributed by atoms with E-state index < -0.39 is 12.0 Å². The van der Waals surface area contributed by atoms with Crippen molar-refractivity contribution in [1.82, 2.24) is 4.90 Å². The standard InChI is InChI=1S/C27H26N2O6S/c1-29-25(15-5-8-17(36-4)9-6-15)24(18-12-21(32-2)22(33-3)13-19(18)27(29)31)26(30)28-16-7-10-20-23(11-16)35-14-34-20/h5-13,24-25H,14H2,1-4H3,(H,28,30)/t24-,25+/m0/s1. The maximum atomic E-state index is 13.9. The number of nitrogens with zero attached hydrogens (tertiary/aromatic N) is 1. The minimum Gasteiger partial charge on any atom is -0.493 e. The van der Waals surface area contributed by atoms with E-state index in [4.69, 9.17) is 18.9 Å². The lowest BCUT2D eigenvalue weighted by molar-refractivity contribution is -0.119. The summed E-state index contributed by atoms with van der Waals surface area (Å²) < 4.78 is 21.8. The van der Waals surface area contributed by atoms with E-state index in [0.29, 0.717) is 39.8 Å². The number of nitrogens with one attached hydrogen (secondary N) is 1. The average Bonchev–Trinajstić information content (AvgIpc) is 3.37. The molecule has 2 atom stereocenters. The molecule has 0 radical (unpaired) electrons. The Kier molecular flexibility index (Phi) is 6.40. The first kappa shape index (κ1) is 23.9. The summed E-state index contributed by atoms with van der Waals surface area (Å²) in [5.41, 5.74) is 2.41. The van der Waals surface area contributed by atoms with E-state index >= 15 is 0 Å². The number of benzene rings is 3. The zero-order valence-corrected chi connectivity index (χ0v) is 21.2. The number of hydrogen-bond acceptors (Lipinski definition) is 7. The van der Waals surface area contributed by atoms with Gasteiger partial charge in [0, 0.05) is 29.3 Å². The molecule has 3 aromatic rings. The highest BCUT2D eigenvalue weighted by molar-refractivity contribution is 7.98. The van der Waals surface area contributed by atoms with E-state index in [9.17, 15) is 9.59 Å². The van der Waals surface area contributed by atoms with Crippen molar-refractivity contribution in [2.45, 2.75) is 16.9 Å². The van der Waals surface area contributed by atoms with Gasteiger partial charge in [-0.3, -0.25) is 9.59 Å². The van der Waals surface area contributed by atoms with Crippen LogP contribution in [-0.2, 0) is 4.79 Å². The van der Waals surface area contributed by atoms with Gasteiger partial charge in [0.1, 0.15) is 0 Å². The van der Waals surface area contributed by atoms with Gasteiger partial charge in [-0.25, -0.2) is 0 Å². The van der Waals surface area contributed by atoms with E-state index in [2.05, 4.69) is 5.32 Å². The van der Waals surface area contributed by atoms with Gasteiger partial charge in [-0.15, -0.1) is 11.8 Å². The van der Waals surface area contributed by atoms with Crippen molar-refractivity contribution in [3.63, 3.8) is 0 Å². The van der Waals surface area contributed by atoms with Crippen LogP contribution in [0.15, 0.2) is 59.5 Å². The molecule has 1 N–H and O–H groups in total. The van der Waals surface area contributed by atoms with Crippen molar-refractivity contribution in [2.24, 2.45) is 0 Å². The van der Waals surface area contributed by atoms with Crippen LogP contribution in [0, 0.1) is 0 Å². The smallest absolute Gasteiger partial charge is 0.254 e. The highest BCUT2D eigenvalue weighted by Crippen LogP contribution is 2.46. The molecule has 2 aliphatic heterocycles. The molecule has 0 fully saturated rings. The molecular formula is C27H26N2O6S. The third-order valence-electron chi connectivity index (χ3n) is 6.55. The first-order chi connectivity index (χ1) is 17.4. The van der Waals surface area contributed by atoms with Crippen LogP contribution in [0.5, 0.6) is 23.0 Å². The van der Waals surface area contributed by atoms with Crippen LogP contribution in [0.4, 0.5) is 5.69 Å². The van der Waals surface area contributed by atoms with E-state index in [-0.39, 0.29) is 18.6 Å². The molecule has 0 aliphatic carbocycles. The van der Waals surface area contributed by atoms with Crippen LogP contribution in [0.3, 0.4) is 0 Å². The van der Waals surface area contributed by atoms with Crippen molar-refractivity contribution in [3.8, 4) is 23.0 Å². The summed E-state index contributed by atoms with van der Waals surface area (Å²) in [6.45, 7) is 0.144. The molecule has 2 heterocycles. The summed E-state index contributed by atoms with van der Waals surface area (Å²) in [7, 11) is 4.76. The second kappa shape index (κ2) is 9.66. The van der Waals surface area contributed by atoms with Crippen molar-refractivity contribution < 1.29 is 28.5 Å². The highest BCUT2D eigenvalue weighted by Gasteiger charge is 2.43. The summed E-state index contributed by atoms with van der Waals surface area (Å²) in [5.74, 6) is 0.900. The Hall–Kier alpha value is -3.85. The summed E-state index contributed by atoms with van der Waals surface area (Å²) >= 11 is 1.63. The van der Waals surface area contributed by atoms with E-state index in [1.54, 1.807) is 54.0 Å². The first-order valence-corrected chi connectivity index (χ1v) is 12.5. The van der Waals surface area contributed by atoms with Crippen molar-refractivity contribution in [2.75, 3.05) is 39.6 Å². The predicted molar refractivity (Wildman–Crippen MR) is 137 cm³/mol. The SMILES string of the molecule is COc1cc2c(cc1OC)[C@H](C(=O)Nc1ccc3c(c1)OCO3)[C@@H](c1ccc(SC)cc1)N(C)C2=O. The van der Waals surface area contributed by atoms with Crippen molar-refractivity contribution in [3.05, 3.63) is 71.3 Å². The molecule has 2 amide bonds. The van der Waals surface area contributed by atoms with Crippen LogP contribution in [0.25, 0.3) is 0 Å². The van der Waals surface area contributed by atoms with Gasteiger partial charge in [0.15, 0.2) is 23.0 Å². The molecule has 2 aliphatic rings. The normalized spacial score (nSPS) is 18.0. The number of likely N-dealkylation sites (N-methyl/N-ethyl adjacent to an activating group) is 1. The molecule has 3 aromatic carbocycles. The molecular weight excluding hydrogens is 480 g/mol. The number of rotatable bonds is 6. The monoisotopic (exact) mass is 506 g/mol. The number of hydrogen-bond donors (Lipinski definition) is 1. The fraction of sp³-hybridized carbons (Fsp3) is 0.259. The molecule has 9 heteroatoms. The molecule has 0 unspecified atom stereocenters. The highest BCUT2D eigenvalue weighted by atomic mass is 32.2. The lowest BCUT2D eigenvalue weighted by atomic mass is 9.79. The fourth-order valence-electron chi connectivity index (χ4n) is 4.74. The lowest BCUT2D eigenvalue weighted by Gasteiger charge is -2.40. The predicted octanol–water partition coefficient (Wildman–Crippen LogP) is 4.70. The number of amides is 2. The maximum absolute atomic E-state index is 13.9. The molecule has 5 rings (SSSR count). The number of carbonyl (C=O) groups excluding carboxylic acids is 2. The number of ether oxygens (including phenoxy) is 4. The summed E-state index contributed by atoms with van der Waals surface area (Å²) in [4.78, 5) is 30.2. The van der Waals surface area contributed by atoms with Gasteiger partial charge < -0.3 is 29.2 Å². The summed E-state index contributed by atoms with van der Waals surface area (Å²) in [6.07, 6.45) is 2.00. The van der Waals surface area contributed by atoms with Gasteiger partial charge >= 0.3 is 0 Å². The Morgan fingerprint density at radius 3 is 2.39 bits per heavy atom. The Morgan fingerprint density at radius 1 is 1.00 bits per heavy atom. The van der Waals surface area contributed by atoms with Crippen LogP contribution < -0.4 is 24.3 Å². The van der Waals surface area contributed by atoms with E-state index in [1.165, 1.54) is 14.2 Å². The summed E-state index contributed by atoms with van der Waals surface area (Å²) in [6, 6.07) is 16.0. The second-order valence-corrected chi connectivity index (χ2v) is 9.34. The van der Waals surface area contributed by atoms with E-state index in [1.807, 2.05) is 30.5 Å². The third-order valence-corrected chi connectivity index (χ3v) is 7.30. The Bertz CT molecular complexity index is 1330. The van der Waals surface area contributed by atoms with Gasteiger partial charge in [0.25, 0.3) is 5.91 Å². The third kappa shape index (κ3) is 4.09. The Morgan fingerprint density at radius 2 is 1.69 bits per heavy atom. The Balaban J connectivity index is 1.61. The fourth-order valence-corrected chi connectivity index (χ4v) is 5.15.